The van der Waals surface area contributed by atoms with Gasteiger partial charge in [-0.1, -0.05) is 41.5 Å². The van der Waals surface area contributed by atoms with E-state index in [0.29, 0.717) is 6.42 Å². The fourth-order valence-electron chi connectivity index (χ4n) is 1.31. The van der Waals surface area contributed by atoms with E-state index in [-0.39, 0.29) is 0 Å². The Balaban J connectivity index is 2.66. The maximum atomic E-state index is 10.2. The van der Waals surface area contributed by atoms with Crippen molar-refractivity contribution < 1.29 is 4.79 Å². The van der Waals surface area contributed by atoms with Gasteiger partial charge >= 0.3 is 0 Å². The van der Waals surface area contributed by atoms with Crippen LogP contribution >= 0.6 is 0 Å². The van der Waals surface area contributed by atoms with Gasteiger partial charge in [-0.05, 0) is 25.8 Å². The molecule has 0 atom stereocenters. The van der Waals surface area contributed by atoms with E-state index in [1.165, 1.54) is 16.7 Å². The van der Waals surface area contributed by atoms with Crippen LogP contribution in [0, 0.1) is 6.92 Å². The molecule has 1 nitrogen and oxygen atoms in total. The van der Waals surface area contributed by atoms with Crippen LogP contribution in [0.1, 0.15) is 30.9 Å². The van der Waals surface area contributed by atoms with Crippen molar-refractivity contribution in [3.63, 3.8) is 0 Å². The largest absolute Gasteiger partial charge is 0.303 e. The molecule has 0 heterocycles. The van der Waals surface area contributed by atoms with Gasteiger partial charge in [0.1, 0.15) is 6.29 Å². The second-order valence-electron chi connectivity index (χ2n) is 3.61. The second-order valence-corrected chi connectivity index (χ2v) is 3.61. The minimum atomic E-state index is 0.619. The van der Waals surface area contributed by atoms with Gasteiger partial charge in [0.25, 0.3) is 0 Å². The Labute approximate surface area is 85.5 Å². The number of carbonyl (C=O) groups is 1. The third kappa shape index (κ3) is 3.56. The second kappa shape index (κ2) is 5.38. The lowest BCUT2D eigenvalue weighted by molar-refractivity contribution is -0.107. The molecule has 0 N–H and O–H groups in total. The van der Waals surface area contributed by atoms with Crippen LogP contribution in [-0.4, -0.2) is 6.29 Å². The molecule has 0 fully saturated rings. The lowest BCUT2D eigenvalue weighted by atomic mass is 10.1. The zero-order valence-electron chi connectivity index (χ0n) is 8.79. The smallest absolute Gasteiger partial charge is 0.120 e. The first-order valence-electron chi connectivity index (χ1n) is 4.90. The SMILES string of the molecule is C/C(=C/c1ccc(C)cc1)CCC=O. The van der Waals surface area contributed by atoms with Gasteiger partial charge in [-0.3, -0.25) is 0 Å². The van der Waals surface area contributed by atoms with E-state index in [1.807, 2.05) is 0 Å². The Morgan fingerprint density at radius 2 is 1.93 bits per heavy atom. The maximum absolute atomic E-state index is 10.2. The molecule has 0 aliphatic heterocycles. The molecule has 0 saturated carbocycles. The molecular weight excluding hydrogens is 172 g/mol. The van der Waals surface area contributed by atoms with Crippen LogP contribution in [-0.2, 0) is 4.79 Å². The third-order valence-electron chi connectivity index (χ3n) is 2.15. The zero-order valence-corrected chi connectivity index (χ0v) is 8.79. The van der Waals surface area contributed by atoms with Gasteiger partial charge in [-0.2, -0.15) is 0 Å². The van der Waals surface area contributed by atoms with Gasteiger partial charge in [0.05, 0.1) is 0 Å². The Morgan fingerprint density at radius 3 is 2.50 bits per heavy atom. The number of aryl methyl sites for hydroxylation is 1. The van der Waals surface area contributed by atoms with Crippen molar-refractivity contribution in [3.8, 4) is 0 Å². The topological polar surface area (TPSA) is 17.1 Å². The minimum absolute atomic E-state index is 0.619. The van der Waals surface area contributed by atoms with Gasteiger partial charge in [0.15, 0.2) is 0 Å². The van der Waals surface area contributed by atoms with Crippen molar-refractivity contribution in [2.75, 3.05) is 0 Å². The van der Waals surface area contributed by atoms with E-state index in [1.54, 1.807) is 0 Å². The van der Waals surface area contributed by atoms with Gasteiger partial charge in [0.2, 0.25) is 0 Å². The van der Waals surface area contributed by atoms with Gasteiger partial charge < -0.3 is 4.79 Å². The molecule has 0 aliphatic carbocycles. The highest BCUT2D eigenvalue weighted by atomic mass is 16.1. The van der Waals surface area contributed by atoms with Gasteiger partial charge in [-0.15, -0.1) is 0 Å². The van der Waals surface area contributed by atoms with Crippen LogP contribution in [0.25, 0.3) is 6.08 Å². The summed E-state index contributed by atoms with van der Waals surface area (Å²) >= 11 is 0. The number of benzene rings is 1. The summed E-state index contributed by atoms with van der Waals surface area (Å²) in [5.74, 6) is 0. The Hall–Kier alpha value is -1.37. The van der Waals surface area contributed by atoms with Crippen LogP contribution in [0.2, 0.25) is 0 Å². The fourth-order valence-corrected chi connectivity index (χ4v) is 1.31. The Morgan fingerprint density at radius 1 is 1.29 bits per heavy atom. The standard InChI is InChI=1S/C13H16O/c1-11-5-7-13(8-6-11)10-12(2)4-3-9-14/h5-10H,3-4H2,1-2H3/b12-10-. The van der Waals surface area contributed by atoms with E-state index in [9.17, 15) is 4.79 Å². The van der Waals surface area contributed by atoms with E-state index in [4.69, 9.17) is 0 Å². The maximum Gasteiger partial charge on any atom is 0.120 e. The molecule has 0 saturated heterocycles. The molecule has 0 aromatic heterocycles. The molecule has 74 valence electrons. The van der Waals surface area contributed by atoms with Crippen molar-refractivity contribution in [1.82, 2.24) is 0 Å². The summed E-state index contributed by atoms with van der Waals surface area (Å²) < 4.78 is 0. The molecule has 0 bridgehead atoms. The van der Waals surface area contributed by atoms with E-state index in [0.717, 1.165) is 12.7 Å². The predicted molar refractivity (Wildman–Crippen MR) is 60.1 cm³/mol. The number of hydrogen-bond donors (Lipinski definition) is 0. The molecule has 0 spiro atoms. The van der Waals surface area contributed by atoms with Crippen LogP contribution in [0.4, 0.5) is 0 Å². The summed E-state index contributed by atoms with van der Waals surface area (Å²) in [7, 11) is 0. The molecule has 14 heavy (non-hydrogen) atoms. The lowest BCUT2D eigenvalue weighted by Gasteiger charge is -1.99. The summed E-state index contributed by atoms with van der Waals surface area (Å²) in [6.07, 6.45) is 4.57. The fraction of sp³-hybridized carbons (Fsp3) is 0.308. The number of hydrogen-bond acceptors (Lipinski definition) is 1. The molecule has 0 unspecified atom stereocenters. The average Bonchev–Trinajstić information content (AvgIpc) is 2.18. The molecule has 1 aromatic carbocycles. The zero-order chi connectivity index (χ0) is 10.4. The van der Waals surface area contributed by atoms with Gasteiger partial charge in [0, 0.05) is 6.42 Å². The molecule has 1 rings (SSSR count). The highest BCUT2D eigenvalue weighted by Gasteiger charge is 1.91. The van der Waals surface area contributed by atoms with E-state index in [2.05, 4.69) is 44.2 Å². The summed E-state index contributed by atoms with van der Waals surface area (Å²) in [6.45, 7) is 4.14. The van der Waals surface area contributed by atoms with Crippen LogP contribution in [0.15, 0.2) is 29.8 Å². The predicted octanol–water partition coefficient (Wildman–Crippen LogP) is 3.38. The molecule has 0 amide bonds. The number of aldehydes is 1. The first-order valence-corrected chi connectivity index (χ1v) is 4.90. The van der Waals surface area contributed by atoms with Gasteiger partial charge in [-0.25, -0.2) is 0 Å². The first-order chi connectivity index (χ1) is 6.72. The highest BCUT2D eigenvalue weighted by Crippen LogP contribution is 2.11. The quantitative estimate of drug-likeness (QED) is 0.662. The molecular formula is C13H16O. The lowest BCUT2D eigenvalue weighted by Crippen LogP contribution is -1.80. The van der Waals surface area contributed by atoms with Crippen molar-refractivity contribution in [2.45, 2.75) is 26.7 Å². The van der Waals surface area contributed by atoms with Crippen molar-refractivity contribution in [1.29, 1.82) is 0 Å². The summed E-state index contributed by atoms with van der Waals surface area (Å²) in [5.41, 5.74) is 3.73. The van der Waals surface area contributed by atoms with E-state index >= 15 is 0 Å². The normalized spacial score (nSPS) is 11.4. The van der Waals surface area contributed by atoms with Crippen LogP contribution in [0.3, 0.4) is 0 Å². The highest BCUT2D eigenvalue weighted by molar-refractivity contribution is 5.55. The summed E-state index contributed by atoms with van der Waals surface area (Å²) in [6, 6.07) is 8.39. The van der Waals surface area contributed by atoms with Crippen LogP contribution in [0.5, 0.6) is 0 Å². The number of allylic oxidation sites excluding steroid dienone is 1. The minimum Gasteiger partial charge on any atom is -0.303 e. The van der Waals surface area contributed by atoms with Crippen molar-refractivity contribution in [3.05, 3.63) is 41.0 Å². The molecule has 1 heteroatoms. The van der Waals surface area contributed by atoms with Crippen molar-refractivity contribution >= 4 is 12.4 Å². The summed E-state index contributed by atoms with van der Waals surface area (Å²) in [4.78, 5) is 10.2. The molecule has 0 aliphatic rings. The summed E-state index contributed by atoms with van der Waals surface area (Å²) in [5, 5.41) is 0. The van der Waals surface area contributed by atoms with Crippen molar-refractivity contribution in [2.24, 2.45) is 0 Å². The third-order valence-corrected chi connectivity index (χ3v) is 2.15. The Bertz CT molecular complexity index is 320. The average molecular weight is 188 g/mol. The number of carbonyl (C=O) groups excluding carboxylic acids is 1. The monoisotopic (exact) mass is 188 g/mol. The molecule has 0 radical (unpaired) electrons. The molecule has 1 aromatic rings. The Kier molecular flexibility index (Phi) is 4.11. The number of rotatable bonds is 4. The van der Waals surface area contributed by atoms with Crippen LogP contribution < -0.4 is 0 Å². The van der Waals surface area contributed by atoms with E-state index < -0.39 is 0 Å². The first kappa shape index (κ1) is 10.7.